The van der Waals surface area contributed by atoms with Crippen LogP contribution in [0.25, 0.3) is 0 Å². The van der Waals surface area contributed by atoms with Crippen LogP contribution in [-0.2, 0) is 9.53 Å². The summed E-state index contributed by atoms with van der Waals surface area (Å²) in [6.07, 6.45) is 4.16. The second-order valence-corrected chi connectivity index (χ2v) is 4.80. The lowest BCUT2D eigenvalue weighted by Crippen LogP contribution is -2.35. The normalized spacial score (nSPS) is 42.2. The zero-order valence-corrected chi connectivity index (χ0v) is 9.01. The van der Waals surface area contributed by atoms with Crippen LogP contribution in [0.3, 0.4) is 0 Å². The number of carbonyl (C=O) groups is 1. The van der Waals surface area contributed by atoms with Crippen LogP contribution in [0.4, 0.5) is 0 Å². The maximum atomic E-state index is 12.2. The number of carbonyl (C=O) groups excluding carboxylic acids is 1. The maximum absolute atomic E-state index is 12.2. The molecule has 3 nitrogen and oxygen atoms in total. The first-order valence-electron chi connectivity index (χ1n) is 5.47. The lowest BCUT2D eigenvalue weighted by molar-refractivity contribution is -0.132. The lowest BCUT2D eigenvalue weighted by Gasteiger charge is -2.24. The molecule has 3 aliphatic heterocycles. The first kappa shape index (κ1) is 9.16. The van der Waals surface area contributed by atoms with Crippen molar-refractivity contribution in [3.8, 4) is 0 Å². The van der Waals surface area contributed by atoms with Crippen molar-refractivity contribution in [1.29, 1.82) is 0 Å². The van der Waals surface area contributed by atoms with Gasteiger partial charge < -0.3 is 9.64 Å². The van der Waals surface area contributed by atoms with Crippen molar-refractivity contribution in [2.45, 2.75) is 32.1 Å². The predicted molar refractivity (Wildman–Crippen MR) is 55.9 cm³/mol. The van der Waals surface area contributed by atoms with Gasteiger partial charge in [0.15, 0.2) is 0 Å². The number of hydrogen-bond acceptors (Lipinski definition) is 2. The molecule has 0 aliphatic carbocycles. The molecule has 15 heavy (non-hydrogen) atoms. The topological polar surface area (TPSA) is 29.5 Å². The zero-order chi connectivity index (χ0) is 10.7. The molecule has 3 heterocycles. The molecule has 4 atom stereocenters. The Morgan fingerprint density at radius 2 is 1.93 bits per heavy atom. The van der Waals surface area contributed by atoms with Crippen LogP contribution in [0, 0.1) is 11.8 Å². The molecule has 4 unspecified atom stereocenters. The summed E-state index contributed by atoms with van der Waals surface area (Å²) >= 11 is 0. The van der Waals surface area contributed by atoms with Gasteiger partial charge in [-0.3, -0.25) is 4.79 Å². The second kappa shape index (κ2) is 2.73. The van der Waals surface area contributed by atoms with Gasteiger partial charge in [0.2, 0.25) is 5.91 Å². The van der Waals surface area contributed by atoms with Crippen molar-refractivity contribution in [3.05, 3.63) is 24.4 Å². The van der Waals surface area contributed by atoms with Gasteiger partial charge >= 0.3 is 0 Å². The number of fused-ring (bicyclic) bond motifs is 5. The van der Waals surface area contributed by atoms with Crippen LogP contribution in [0.2, 0.25) is 0 Å². The molecule has 3 rings (SSSR count). The van der Waals surface area contributed by atoms with Gasteiger partial charge in [-0.25, -0.2) is 0 Å². The first-order valence-corrected chi connectivity index (χ1v) is 5.47. The second-order valence-electron chi connectivity index (χ2n) is 4.80. The van der Waals surface area contributed by atoms with Crippen molar-refractivity contribution in [2.24, 2.45) is 11.8 Å². The molecule has 2 fully saturated rings. The summed E-state index contributed by atoms with van der Waals surface area (Å²) in [5, 5.41) is 0. The smallest absolute Gasteiger partial charge is 0.233 e. The van der Waals surface area contributed by atoms with Gasteiger partial charge in [-0.15, -0.1) is 0 Å². The van der Waals surface area contributed by atoms with Crippen molar-refractivity contribution in [1.82, 2.24) is 4.90 Å². The number of hydrogen-bond donors (Lipinski definition) is 0. The minimum absolute atomic E-state index is 0.00472. The molecule has 0 saturated carbocycles. The van der Waals surface area contributed by atoms with Gasteiger partial charge in [-0.1, -0.05) is 18.7 Å². The lowest BCUT2D eigenvalue weighted by atomic mass is 9.84. The Labute approximate surface area is 89.4 Å². The molecule has 2 saturated heterocycles. The Balaban J connectivity index is 2.00. The number of rotatable bonds is 1. The molecule has 0 aromatic rings. The highest BCUT2D eigenvalue weighted by Crippen LogP contribution is 2.49. The van der Waals surface area contributed by atoms with Gasteiger partial charge in [0, 0.05) is 17.7 Å². The van der Waals surface area contributed by atoms with Crippen LogP contribution < -0.4 is 0 Å². The summed E-state index contributed by atoms with van der Waals surface area (Å²) < 4.78 is 5.69. The third kappa shape index (κ3) is 0.965. The van der Waals surface area contributed by atoms with E-state index in [-0.39, 0.29) is 36.0 Å². The third-order valence-electron chi connectivity index (χ3n) is 3.63. The Bertz CT molecular complexity index is 342. The highest BCUT2D eigenvalue weighted by molar-refractivity contribution is 5.86. The largest absolute Gasteiger partial charge is 0.365 e. The van der Waals surface area contributed by atoms with E-state index in [0.717, 1.165) is 5.70 Å². The van der Waals surface area contributed by atoms with E-state index in [0.29, 0.717) is 0 Å². The van der Waals surface area contributed by atoms with E-state index in [1.165, 1.54) is 0 Å². The van der Waals surface area contributed by atoms with Crippen molar-refractivity contribution in [3.63, 3.8) is 0 Å². The van der Waals surface area contributed by atoms with Gasteiger partial charge in [0.25, 0.3) is 0 Å². The van der Waals surface area contributed by atoms with Crippen molar-refractivity contribution in [2.75, 3.05) is 0 Å². The van der Waals surface area contributed by atoms with Gasteiger partial charge in [-0.2, -0.15) is 0 Å². The number of ether oxygens (including phenoxy) is 1. The van der Waals surface area contributed by atoms with E-state index in [1.54, 1.807) is 0 Å². The summed E-state index contributed by atoms with van der Waals surface area (Å²) in [5.41, 5.74) is 0.942. The number of amides is 1. The van der Waals surface area contributed by atoms with E-state index in [9.17, 15) is 4.79 Å². The number of nitrogens with zero attached hydrogens (tertiary/aromatic N) is 1. The van der Waals surface area contributed by atoms with E-state index in [4.69, 9.17) is 4.74 Å². The van der Waals surface area contributed by atoms with Crippen molar-refractivity contribution >= 4 is 5.91 Å². The minimum atomic E-state index is -0.00648. The molecule has 3 heteroatoms. The molecule has 3 aliphatic rings. The van der Waals surface area contributed by atoms with Crippen LogP contribution in [0.5, 0.6) is 0 Å². The molecule has 1 amide bonds. The van der Waals surface area contributed by atoms with Gasteiger partial charge in [-0.05, 0) is 13.8 Å². The minimum Gasteiger partial charge on any atom is -0.365 e. The standard InChI is InChI=1S/C12H15NO2/c1-6(2)13-7(3)10-8-4-5-9(15-8)11(10)12(13)14/h4-6,8-11H,3H2,1-2H3. The van der Waals surface area contributed by atoms with Crippen LogP contribution in [0.1, 0.15) is 13.8 Å². The Morgan fingerprint density at radius 1 is 1.33 bits per heavy atom. The molecule has 0 aromatic heterocycles. The summed E-state index contributed by atoms with van der Waals surface area (Å²) in [7, 11) is 0. The fourth-order valence-electron chi connectivity index (χ4n) is 3.05. The average molecular weight is 205 g/mol. The van der Waals surface area contributed by atoms with Crippen LogP contribution in [0.15, 0.2) is 24.4 Å². The monoisotopic (exact) mass is 205 g/mol. The predicted octanol–water partition coefficient (Wildman–Crippen LogP) is 1.32. The summed E-state index contributed by atoms with van der Waals surface area (Å²) in [6.45, 7) is 8.12. The molecule has 0 radical (unpaired) electrons. The van der Waals surface area contributed by atoms with E-state index in [1.807, 2.05) is 24.8 Å². The van der Waals surface area contributed by atoms with Gasteiger partial charge in [0.05, 0.1) is 18.1 Å². The summed E-state index contributed by atoms with van der Waals surface area (Å²) in [6, 6.07) is 0.204. The highest BCUT2D eigenvalue weighted by Gasteiger charge is 2.57. The summed E-state index contributed by atoms with van der Waals surface area (Å²) in [5.74, 6) is 0.377. The van der Waals surface area contributed by atoms with E-state index >= 15 is 0 Å². The Kier molecular flexibility index (Phi) is 1.67. The van der Waals surface area contributed by atoms with Gasteiger partial charge in [0.1, 0.15) is 0 Å². The molecule has 0 N–H and O–H groups in total. The Hall–Kier alpha value is -1.09. The first-order chi connectivity index (χ1) is 7.11. The summed E-state index contributed by atoms with van der Waals surface area (Å²) in [4.78, 5) is 14.0. The highest BCUT2D eigenvalue weighted by atomic mass is 16.5. The molecule has 2 bridgehead atoms. The van der Waals surface area contributed by atoms with Crippen LogP contribution in [-0.4, -0.2) is 29.1 Å². The molecule has 0 spiro atoms. The fraction of sp³-hybridized carbons (Fsp3) is 0.583. The molecular formula is C12H15NO2. The zero-order valence-electron chi connectivity index (χ0n) is 9.01. The SMILES string of the molecule is C=C1C2C3C=CC(O3)C2C(=O)N1C(C)C. The van der Waals surface area contributed by atoms with Crippen LogP contribution >= 0.6 is 0 Å². The maximum Gasteiger partial charge on any atom is 0.233 e. The number of likely N-dealkylation sites (tertiary alicyclic amines) is 1. The third-order valence-corrected chi connectivity index (χ3v) is 3.63. The fourth-order valence-corrected chi connectivity index (χ4v) is 3.05. The van der Waals surface area contributed by atoms with E-state index < -0.39 is 0 Å². The quantitative estimate of drug-likeness (QED) is 0.604. The molecule has 80 valence electrons. The van der Waals surface area contributed by atoms with E-state index in [2.05, 4.69) is 12.7 Å². The van der Waals surface area contributed by atoms with Crippen molar-refractivity contribution < 1.29 is 9.53 Å². The molecular weight excluding hydrogens is 190 g/mol. The molecule has 0 aromatic carbocycles. The average Bonchev–Trinajstić information content (AvgIpc) is 2.79. The Morgan fingerprint density at radius 3 is 2.47 bits per heavy atom.